The smallest absolute Gasteiger partial charge is 0.0906 e. The van der Waals surface area contributed by atoms with Crippen LogP contribution in [-0.4, -0.2) is 33.1 Å². The maximum absolute atomic E-state index is 10.7. The molecule has 1 aliphatic rings. The van der Waals surface area contributed by atoms with Gasteiger partial charge < -0.3 is 15.3 Å². The Morgan fingerprint density at radius 2 is 1.94 bits per heavy atom. The molecule has 3 N–H and O–H groups in total. The van der Waals surface area contributed by atoms with Gasteiger partial charge in [0.15, 0.2) is 0 Å². The minimum absolute atomic E-state index is 0.0127. The van der Waals surface area contributed by atoms with Crippen molar-refractivity contribution in [1.29, 1.82) is 0 Å². The van der Waals surface area contributed by atoms with Gasteiger partial charge in [0.2, 0.25) is 0 Å². The highest BCUT2D eigenvalue weighted by molar-refractivity contribution is 5.14. The molecule has 3 nitrogen and oxygen atoms in total. The summed E-state index contributed by atoms with van der Waals surface area (Å²) in [6, 6.07) is 0. The summed E-state index contributed by atoms with van der Waals surface area (Å²) >= 11 is 0. The molecule has 0 aromatic heterocycles. The van der Waals surface area contributed by atoms with Crippen LogP contribution in [0.4, 0.5) is 0 Å². The number of aliphatic hydroxyl groups excluding tert-OH is 2. The summed E-state index contributed by atoms with van der Waals surface area (Å²) < 4.78 is 0. The second kappa shape index (κ2) is 4.47. The third kappa shape index (κ3) is 2.47. The largest absolute Gasteiger partial charge is 0.393 e. The number of rotatable bonds is 2. The first-order valence-electron chi connectivity index (χ1n) is 5.97. The zero-order valence-corrected chi connectivity index (χ0v) is 10.6. The zero-order chi connectivity index (χ0) is 12.6. The molecule has 0 aromatic carbocycles. The van der Waals surface area contributed by atoms with Gasteiger partial charge in [0.05, 0.1) is 17.8 Å². The van der Waals surface area contributed by atoms with Crippen LogP contribution in [0.2, 0.25) is 0 Å². The van der Waals surface area contributed by atoms with Gasteiger partial charge in [-0.3, -0.25) is 0 Å². The van der Waals surface area contributed by atoms with Crippen molar-refractivity contribution in [3.63, 3.8) is 0 Å². The van der Waals surface area contributed by atoms with E-state index < -0.39 is 11.7 Å². The van der Waals surface area contributed by atoms with Crippen molar-refractivity contribution in [2.45, 2.75) is 58.3 Å². The maximum atomic E-state index is 10.7. The molecule has 94 valence electrons. The predicted octanol–water partition coefficient (Wildman–Crippen LogP) is 1.47. The summed E-state index contributed by atoms with van der Waals surface area (Å²) in [5.74, 6) is -0.0127. The van der Waals surface area contributed by atoms with Crippen molar-refractivity contribution in [1.82, 2.24) is 0 Å². The highest BCUT2D eigenvalue weighted by Crippen LogP contribution is 2.47. The van der Waals surface area contributed by atoms with Gasteiger partial charge in [-0.25, -0.2) is 0 Å². The van der Waals surface area contributed by atoms with E-state index in [-0.39, 0.29) is 17.4 Å². The molecule has 1 aliphatic carbocycles. The normalized spacial score (nSPS) is 41.2. The quantitative estimate of drug-likeness (QED) is 0.627. The van der Waals surface area contributed by atoms with E-state index in [4.69, 9.17) is 0 Å². The molecule has 0 bridgehead atoms. The maximum Gasteiger partial charge on any atom is 0.0906 e. The molecule has 1 fully saturated rings. The van der Waals surface area contributed by atoms with Gasteiger partial charge >= 0.3 is 0 Å². The summed E-state index contributed by atoms with van der Waals surface area (Å²) in [7, 11) is 0. The summed E-state index contributed by atoms with van der Waals surface area (Å²) in [6.45, 7) is 7.52. The van der Waals surface area contributed by atoms with E-state index in [0.717, 1.165) is 0 Å². The van der Waals surface area contributed by atoms with Crippen LogP contribution in [0.1, 0.15) is 40.5 Å². The first-order valence-corrected chi connectivity index (χ1v) is 5.97. The average Bonchev–Trinajstić information content (AvgIpc) is 2.10. The Morgan fingerprint density at radius 3 is 2.38 bits per heavy atom. The van der Waals surface area contributed by atoms with Gasteiger partial charge in [-0.05, 0) is 31.1 Å². The molecule has 0 radical (unpaired) electrons. The molecule has 3 heteroatoms. The van der Waals surface area contributed by atoms with Gasteiger partial charge in [-0.2, -0.15) is 0 Å². The standard InChI is InChI=1S/C13H24O3/c1-9-7-11(15)8-12(3,4)13(9,16)6-5-10(2)14/h5-6,9-11,14-16H,7-8H2,1-4H3/t9-,10+,11-,13-/m0/s1. The molecule has 0 aromatic rings. The molecule has 0 amide bonds. The third-order valence-corrected chi connectivity index (χ3v) is 3.84. The molecule has 0 saturated heterocycles. The second-order valence-electron chi connectivity index (χ2n) is 5.80. The van der Waals surface area contributed by atoms with Crippen molar-refractivity contribution < 1.29 is 15.3 Å². The lowest BCUT2D eigenvalue weighted by Gasteiger charge is -2.50. The van der Waals surface area contributed by atoms with Gasteiger partial charge in [0.25, 0.3) is 0 Å². The zero-order valence-electron chi connectivity index (χ0n) is 10.6. The molecule has 0 aliphatic heterocycles. The second-order valence-corrected chi connectivity index (χ2v) is 5.80. The van der Waals surface area contributed by atoms with Crippen molar-refractivity contribution in [2.24, 2.45) is 11.3 Å². The van der Waals surface area contributed by atoms with Crippen molar-refractivity contribution in [3.8, 4) is 0 Å². The lowest BCUT2D eigenvalue weighted by Crippen LogP contribution is -2.54. The van der Waals surface area contributed by atoms with E-state index >= 15 is 0 Å². The molecule has 1 rings (SSSR count). The van der Waals surface area contributed by atoms with Crippen molar-refractivity contribution in [3.05, 3.63) is 12.2 Å². The van der Waals surface area contributed by atoms with Crippen molar-refractivity contribution >= 4 is 0 Å². The highest BCUT2D eigenvalue weighted by Gasteiger charge is 2.50. The minimum atomic E-state index is -0.955. The fourth-order valence-corrected chi connectivity index (χ4v) is 2.77. The number of aliphatic hydroxyl groups is 3. The Labute approximate surface area is 97.8 Å². The Hall–Kier alpha value is -0.380. The Kier molecular flexibility index (Phi) is 3.83. The predicted molar refractivity (Wildman–Crippen MR) is 64.0 cm³/mol. The van der Waals surface area contributed by atoms with E-state index in [1.54, 1.807) is 19.1 Å². The van der Waals surface area contributed by atoms with Gasteiger partial charge in [0, 0.05) is 0 Å². The molecular weight excluding hydrogens is 204 g/mol. The summed E-state index contributed by atoms with van der Waals surface area (Å²) in [6.07, 6.45) is 3.61. The third-order valence-electron chi connectivity index (χ3n) is 3.84. The number of hydrogen-bond acceptors (Lipinski definition) is 3. The summed E-state index contributed by atoms with van der Waals surface area (Å²) in [4.78, 5) is 0. The fraction of sp³-hybridized carbons (Fsp3) is 0.846. The monoisotopic (exact) mass is 228 g/mol. The van der Waals surface area contributed by atoms with Crippen LogP contribution in [0.15, 0.2) is 12.2 Å². The van der Waals surface area contributed by atoms with Crippen LogP contribution in [0.5, 0.6) is 0 Å². The lowest BCUT2D eigenvalue weighted by molar-refractivity contribution is -0.127. The topological polar surface area (TPSA) is 60.7 Å². The molecule has 0 spiro atoms. The Morgan fingerprint density at radius 1 is 1.38 bits per heavy atom. The highest BCUT2D eigenvalue weighted by atomic mass is 16.3. The van der Waals surface area contributed by atoms with Crippen LogP contribution in [0.3, 0.4) is 0 Å². The first kappa shape index (κ1) is 13.7. The van der Waals surface area contributed by atoms with E-state index in [1.807, 2.05) is 20.8 Å². The van der Waals surface area contributed by atoms with Crippen LogP contribution in [-0.2, 0) is 0 Å². The fourth-order valence-electron chi connectivity index (χ4n) is 2.77. The van der Waals surface area contributed by atoms with Crippen LogP contribution >= 0.6 is 0 Å². The van der Waals surface area contributed by atoms with E-state index in [0.29, 0.717) is 12.8 Å². The summed E-state index contributed by atoms with van der Waals surface area (Å²) in [5, 5.41) is 29.7. The minimum Gasteiger partial charge on any atom is -0.393 e. The SMILES string of the molecule is C[C@@H](O)C=C[C@]1(O)[C@@H](C)C[C@H](O)CC1(C)C. The van der Waals surface area contributed by atoms with E-state index in [1.165, 1.54) is 0 Å². The van der Waals surface area contributed by atoms with Crippen LogP contribution < -0.4 is 0 Å². The Bertz CT molecular complexity index is 270. The van der Waals surface area contributed by atoms with E-state index in [9.17, 15) is 15.3 Å². The molecule has 4 atom stereocenters. The van der Waals surface area contributed by atoms with Crippen LogP contribution in [0, 0.1) is 11.3 Å². The molecule has 1 saturated carbocycles. The van der Waals surface area contributed by atoms with Crippen LogP contribution in [0.25, 0.3) is 0 Å². The molecule has 0 heterocycles. The lowest BCUT2D eigenvalue weighted by atomic mass is 9.60. The first-order chi connectivity index (χ1) is 7.19. The van der Waals surface area contributed by atoms with Crippen molar-refractivity contribution in [2.75, 3.05) is 0 Å². The summed E-state index contributed by atoms with van der Waals surface area (Å²) in [5.41, 5.74) is -1.33. The molecular formula is C13H24O3. The number of hydrogen-bond donors (Lipinski definition) is 3. The molecule has 0 unspecified atom stereocenters. The van der Waals surface area contributed by atoms with Gasteiger partial charge in [-0.15, -0.1) is 0 Å². The molecule has 16 heavy (non-hydrogen) atoms. The van der Waals surface area contributed by atoms with Gasteiger partial charge in [-0.1, -0.05) is 32.9 Å². The average molecular weight is 228 g/mol. The van der Waals surface area contributed by atoms with Gasteiger partial charge in [0.1, 0.15) is 0 Å². The Balaban J connectivity index is 2.98. The van der Waals surface area contributed by atoms with E-state index in [2.05, 4.69) is 0 Å².